The van der Waals surface area contributed by atoms with Crippen LogP contribution in [0.4, 0.5) is 21.5 Å². The Morgan fingerprint density at radius 3 is 2.46 bits per heavy atom. The van der Waals surface area contributed by atoms with E-state index in [1.807, 2.05) is 0 Å². The number of ketones is 1. The number of Topliss-reactive ketones (excluding diaryl/α,β-unsaturated/α-hetero) is 1. The van der Waals surface area contributed by atoms with Crippen molar-refractivity contribution in [2.75, 3.05) is 10.2 Å². The average molecular weight is 530 g/mol. The van der Waals surface area contributed by atoms with E-state index in [2.05, 4.69) is 5.32 Å². The summed E-state index contributed by atoms with van der Waals surface area (Å²) in [6, 6.07) is 17.7. The van der Waals surface area contributed by atoms with Gasteiger partial charge in [-0.1, -0.05) is 36.4 Å². The summed E-state index contributed by atoms with van der Waals surface area (Å²) in [5.74, 6) is -2.72. The van der Waals surface area contributed by atoms with Gasteiger partial charge in [-0.2, -0.15) is 0 Å². The minimum atomic E-state index is -1.13. The number of nitro groups is 1. The zero-order valence-electron chi connectivity index (χ0n) is 20.7. The van der Waals surface area contributed by atoms with Crippen molar-refractivity contribution in [1.82, 2.24) is 0 Å². The zero-order chi connectivity index (χ0) is 27.7. The number of fused-ring (bicyclic) bond motifs is 1. The molecular formula is C29H24FN3O6. The lowest BCUT2D eigenvalue weighted by Crippen LogP contribution is -2.38. The van der Waals surface area contributed by atoms with Crippen LogP contribution in [-0.4, -0.2) is 27.7 Å². The monoisotopic (exact) mass is 529 g/mol. The van der Waals surface area contributed by atoms with Gasteiger partial charge in [0.2, 0.25) is 5.91 Å². The SMILES string of the molecule is O=C(O)CCC(=O)N1c2ccccc2NC2=C(C(=O)C[C@@H](c3cccc([N+](=O)[O-])c3)C2)[C@H]1c1ccc(F)cc1. The van der Waals surface area contributed by atoms with Crippen molar-refractivity contribution in [2.45, 2.75) is 37.6 Å². The zero-order valence-corrected chi connectivity index (χ0v) is 20.7. The Hall–Kier alpha value is -4.86. The number of amides is 1. The van der Waals surface area contributed by atoms with Gasteiger partial charge in [-0.05, 0) is 47.7 Å². The van der Waals surface area contributed by atoms with Crippen LogP contribution in [0, 0.1) is 15.9 Å². The summed E-state index contributed by atoms with van der Waals surface area (Å²) in [4.78, 5) is 51.0. The Morgan fingerprint density at radius 1 is 1.00 bits per heavy atom. The van der Waals surface area contributed by atoms with E-state index in [1.54, 1.807) is 36.4 Å². The van der Waals surface area contributed by atoms with Crippen LogP contribution >= 0.6 is 0 Å². The molecule has 2 aliphatic rings. The summed E-state index contributed by atoms with van der Waals surface area (Å²) in [5, 5.41) is 23.9. The first-order chi connectivity index (χ1) is 18.7. The van der Waals surface area contributed by atoms with Gasteiger partial charge in [-0.25, -0.2) is 4.39 Å². The normalized spacial score (nSPS) is 18.5. The van der Waals surface area contributed by atoms with Crippen molar-refractivity contribution in [3.63, 3.8) is 0 Å². The number of hydrogen-bond acceptors (Lipinski definition) is 6. The van der Waals surface area contributed by atoms with Crippen LogP contribution in [0.5, 0.6) is 0 Å². The molecule has 0 aromatic heterocycles. The third-order valence-electron chi connectivity index (χ3n) is 7.05. The molecule has 1 amide bonds. The summed E-state index contributed by atoms with van der Waals surface area (Å²) in [6.45, 7) is 0. The number of hydrogen-bond donors (Lipinski definition) is 2. The minimum Gasteiger partial charge on any atom is -0.481 e. The molecule has 198 valence electrons. The van der Waals surface area contributed by atoms with Crippen LogP contribution in [0.2, 0.25) is 0 Å². The molecule has 1 heterocycles. The summed E-state index contributed by atoms with van der Waals surface area (Å²) in [6.07, 6.45) is -0.303. The number of carbonyl (C=O) groups excluding carboxylic acids is 2. The molecule has 1 aliphatic heterocycles. The van der Waals surface area contributed by atoms with Gasteiger partial charge in [-0.15, -0.1) is 0 Å². The van der Waals surface area contributed by atoms with E-state index in [-0.39, 0.29) is 30.2 Å². The molecule has 10 heteroatoms. The number of para-hydroxylation sites is 2. The molecule has 39 heavy (non-hydrogen) atoms. The third kappa shape index (κ3) is 5.13. The fraction of sp³-hybridized carbons (Fsp3) is 0.207. The van der Waals surface area contributed by atoms with Gasteiger partial charge in [0.05, 0.1) is 28.8 Å². The summed E-state index contributed by atoms with van der Waals surface area (Å²) in [7, 11) is 0. The Balaban J connectivity index is 1.66. The predicted molar refractivity (Wildman–Crippen MR) is 141 cm³/mol. The first-order valence-electron chi connectivity index (χ1n) is 12.4. The highest BCUT2D eigenvalue weighted by Gasteiger charge is 2.41. The van der Waals surface area contributed by atoms with Crippen molar-refractivity contribution in [3.05, 3.63) is 111 Å². The Bertz CT molecular complexity index is 1520. The molecule has 1 aliphatic carbocycles. The molecule has 0 radical (unpaired) electrons. The molecule has 3 aromatic carbocycles. The summed E-state index contributed by atoms with van der Waals surface area (Å²) < 4.78 is 13.9. The van der Waals surface area contributed by atoms with Crippen LogP contribution in [0.25, 0.3) is 0 Å². The van der Waals surface area contributed by atoms with Gasteiger partial charge in [0, 0.05) is 36.2 Å². The van der Waals surface area contributed by atoms with Gasteiger partial charge in [-0.3, -0.25) is 29.4 Å². The highest BCUT2D eigenvalue weighted by Crippen LogP contribution is 2.47. The van der Waals surface area contributed by atoms with E-state index in [0.717, 1.165) is 0 Å². The largest absolute Gasteiger partial charge is 0.481 e. The van der Waals surface area contributed by atoms with E-state index < -0.39 is 35.1 Å². The minimum absolute atomic E-state index is 0.0485. The second-order valence-electron chi connectivity index (χ2n) is 9.53. The molecule has 0 spiro atoms. The van der Waals surface area contributed by atoms with Crippen molar-refractivity contribution < 1.29 is 28.8 Å². The number of nitrogens with one attached hydrogen (secondary N) is 1. The number of benzene rings is 3. The molecule has 0 fully saturated rings. The van der Waals surface area contributed by atoms with Crippen molar-refractivity contribution >= 4 is 34.7 Å². The Morgan fingerprint density at radius 2 is 1.74 bits per heavy atom. The van der Waals surface area contributed by atoms with Gasteiger partial charge in [0.25, 0.3) is 5.69 Å². The first-order valence-corrected chi connectivity index (χ1v) is 12.4. The van der Waals surface area contributed by atoms with E-state index in [4.69, 9.17) is 0 Å². The maximum absolute atomic E-state index is 13.9. The van der Waals surface area contributed by atoms with Crippen LogP contribution in [-0.2, 0) is 14.4 Å². The first kappa shape index (κ1) is 25.8. The van der Waals surface area contributed by atoms with Gasteiger partial charge >= 0.3 is 5.97 Å². The topological polar surface area (TPSA) is 130 Å². The number of non-ortho nitro benzene ring substituents is 1. The molecule has 3 aromatic rings. The van der Waals surface area contributed by atoms with E-state index in [9.17, 15) is 34.0 Å². The van der Waals surface area contributed by atoms with Crippen LogP contribution in [0.1, 0.15) is 48.8 Å². The number of carbonyl (C=O) groups is 3. The maximum Gasteiger partial charge on any atom is 0.303 e. The smallest absolute Gasteiger partial charge is 0.303 e. The lowest BCUT2D eigenvalue weighted by atomic mass is 9.78. The lowest BCUT2D eigenvalue weighted by Gasteiger charge is -2.35. The molecule has 5 rings (SSSR count). The predicted octanol–water partition coefficient (Wildman–Crippen LogP) is 5.50. The maximum atomic E-state index is 13.9. The number of carboxylic acid groups (broad SMARTS) is 1. The molecule has 2 atom stereocenters. The number of aliphatic carboxylic acids is 1. The Kier molecular flexibility index (Phi) is 6.93. The number of carboxylic acids is 1. The van der Waals surface area contributed by atoms with Gasteiger partial charge < -0.3 is 10.4 Å². The number of rotatable bonds is 6. The molecule has 2 N–H and O–H groups in total. The van der Waals surface area contributed by atoms with Gasteiger partial charge in [0.1, 0.15) is 5.82 Å². The third-order valence-corrected chi connectivity index (χ3v) is 7.05. The van der Waals surface area contributed by atoms with E-state index >= 15 is 0 Å². The highest BCUT2D eigenvalue weighted by atomic mass is 19.1. The molecule has 0 saturated carbocycles. The van der Waals surface area contributed by atoms with Crippen LogP contribution in [0.3, 0.4) is 0 Å². The molecule has 0 unspecified atom stereocenters. The van der Waals surface area contributed by atoms with Crippen molar-refractivity contribution in [1.29, 1.82) is 0 Å². The average Bonchev–Trinajstić information content (AvgIpc) is 3.07. The van der Waals surface area contributed by atoms with Crippen LogP contribution < -0.4 is 10.2 Å². The van der Waals surface area contributed by atoms with E-state index in [0.29, 0.717) is 40.2 Å². The van der Waals surface area contributed by atoms with Crippen molar-refractivity contribution in [2.24, 2.45) is 0 Å². The standard InChI is InChI=1S/C29H24FN3O6/c30-20-10-8-17(9-11-20)29-28-23(15-19(16-25(28)34)18-4-3-5-21(14-18)33(38)39)31-22-6-1-2-7-24(22)32(29)26(35)12-13-27(36)37/h1-11,14,19,29,31H,12-13,15-16H2,(H,36,37)/t19-,29+/m0/s1. The fourth-order valence-electron chi connectivity index (χ4n) is 5.29. The number of nitrogens with zero attached hydrogens (tertiary/aromatic N) is 2. The second kappa shape index (κ2) is 10.5. The fourth-order valence-corrected chi connectivity index (χ4v) is 5.29. The van der Waals surface area contributed by atoms with Crippen LogP contribution in [0.15, 0.2) is 84.1 Å². The molecule has 9 nitrogen and oxygen atoms in total. The lowest BCUT2D eigenvalue weighted by molar-refractivity contribution is -0.384. The second-order valence-corrected chi connectivity index (χ2v) is 9.53. The number of anilines is 2. The quantitative estimate of drug-likeness (QED) is 0.319. The van der Waals surface area contributed by atoms with Crippen molar-refractivity contribution in [3.8, 4) is 0 Å². The van der Waals surface area contributed by atoms with E-state index in [1.165, 1.54) is 41.3 Å². The molecule has 0 bridgehead atoms. The number of allylic oxidation sites excluding steroid dienone is 1. The number of halogens is 1. The number of nitro benzene ring substituents is 1. The Labute approximate surface area is 222 Å². The highest BCUT2D eigenvalue weighted by molar-refractivity contribution is 6.06. The summed E-state index contributed by atoms with van der Waals surface area (Å²) in [5.41, 5.74) is 2.95. The molecular weight excluding hydrogens is 505 g/mol. The van der Waals surface area contributed by atoms with Gasteiger partial charge in [0.15, 0.2) is 5.78 Å². The molecule has 0 saturated heterocycles. The summed E-state index contributed by atoms with van der Waals surface area (Å²) >= 11 is 0.